The molecule has 1 saturated heterocycles. The lowest BCUT2D eigenvalue weighted by Gasteiger charge is -2.16. The van der Waals surface area contributed by atoms with Gasteiger partial charge in [0.05, 0.1) is 11.0 Å². The molecular formula is C14H21NO3S. The van der Waals surface area contributed by atoms with Gasteiger partial charge in [-0.3, -0.25) is 0 Å². The first-order valence-corrected chi connectivity index (χ1v) is 8.10. The molecular weight excluding hydrogens is 262 g/mol. The summed E-state index contributed by atoms with van der Waals surface area (Å²) in [5, 5.41) is 0. The topological polar surface area (TPSA) is 46.6 Å². The van der Waals surface area contributed by atoms with Crippen molar-refractivity contribution in [3.05, 3.63) is 24.3 Å². The Bertz CT molecular complexity index is 522. The number of nitrogens with zero attached hydrogens (tertiary/aromatic N) is 1. The SMILES string of the molecule is CC1CCN(S(=O)(=O)c2ccc(OC(C)C)cc2)C1. The van der Waals surface area contributed by atoms with Gasteiger partial charge in [-0.2, -0.15) is 4.31 Å². The minimum Gasteiger partial charge on any atom is -0.491 e. The van der Waals surface area contributed by atoms with Crippen molar-refractivity contribution in [1.29, 1.82) is 0 Å². The molecule has 1 unspecified atom stereocenters. The smallest absolute Gasteiger partial charge is 0.243 e. The Morgan fingerprint density at radius 2 is 1.89 bits per heavy atom. The second-order valence-corrected chi connectivity index (χ2v) is 7.33. The first-order chi connectivity index (χ1) is 8.89. The van der Waals surface area contributed by atoms with Crippen LogP contribution in [0.25, 0.3) is 0 Å². The highest BCUT2D eigenvalue weighted by Crippen LogP contribution is 2.25. The molecule has 1 atom stereocenters. The third kappa shape index (κ3) is 3.28. The zero-order valence-corrected chi connectivity index (χ0v) is 12.5. The summed E-state index contributed by atoms with van der Waals surface area (Å²) < 4.78 is 31.9. The lowest BCUT2D eigenvalue weighted by molar-refractivity contribution is 0.242. The van der Waals surface area contributed by atoms with Crippen LogP contribution in [0.3, 0.4) is 0 Å². The van der Waals surface area contributed by atoms with Crippen LogP contribution in [-0.2, 0) is 10.0 Å². The molecule has 0 aliphatic carbocycles. The molecule has 0 saturated carbocycles. The fraction of sp³-hybridized carbons (Fsp3) is 0.571. The van der Waals surface area contributed by atoms with E-state index in [-0.39, 0.29) is 6.10 Å². The van der Waals surface area contributed by atoms with E-state index in [1.165, 1.54) is 0 Å². The summed E-state index contributed by atoms with van der Waals surface area (Å²) in [4.78, 5) is 0.345. The molecule has 4 nitrogen and oxygen atoms in total. The minimum atomic E-state index is -3.34. The Morgan fingerprint density at radius 1 is 1.26 bits per heavy atom. The van der Waals surface area contributed by atoms with Crippen LogP contribution in [0.1, 0.15) is 27.2 Å². The van der Waals surface area contributed by atoms with E-state index < -0.39 is 10.0 Å². The summed E-state index contributed by atoms with van der Waals surface area (Å²) in [5.41, 5.74) is 0. The number of ether oxygens (including phenoxy) is 1. The lowest BCUT2D eigenvalue weighted by atomic mass is 10.2. The highest BCUT2D eigenvalue weighted by atomic mass is 32.2. The largest absolute Gasteiger partial charge is 0.491 e. The maximum atomic E-state index is 12.4. The molecule has 0 bridgehead atoms. The second-order valence-electron chi connectivity index (χ2n) is 5.39. The molecule has 1 fully saturated rings. The highest BCUT2D eigenvalue weighted by Gasteiger charge is 2.30. The van der Waals surface area contributed by atoms with Gasteiger partial charge in [0.1, 0.15) is 5.75 Å². The Morgan fingerprint density at radius 3 is 2.37 bits per heavy atom. The fourth-order valence-electron chi connectivity index (χ4n) is 2.22. The van der Waals surface area contributed by atoms with E-state index in [0.717, 1.165) is 6.42 Å². The lowest BCUT2D eigenvalue weighted by Crippen LogP contribution is -2.28. The minimum absolute atomic E-state index is 0.0851. The van der Waals surface area contributed by atoms with Crippen LogP contribution in [0.2, 0.25) is 0 Å². The van der Waals surface area contributed by atoms with Crippen LogP contribution < -0.4 is 4.74 Å². The van der Waals surface area contributed by atoms with Crippen LogP contribution >= 0.6 is 0 Å². The zero-order valence-electron chi connectivity index (χ0n) is 11.7. The van der Waals surface area contributed by atoms with E-state index in [1.54, 1.807) is 28.6 Å². The molecule has 1 aliphatic heterocycles. The normalized spacial score (nSPS) is 20.9. The van der Waals surface area contributed by atoms with E-state index >= 15 is 0 Å². The average molecular weight is 283 g/mol. The van der Waals surface area contributed by atoms with Crippen LogP contribution in [-0.4, -0.2) is 31.9 Å². The molecule has 106 valence electrons. The standard InChI is InChI=1S/C14H21NO3S/c1-11(2)18-13-4-6-14(7-5-13)19(16,17)15-9-8-12(3)10-15/h4-7,11-12H,8-10H2,1-3H3. The predicted molar refractivity (Wildman–Crippen MR) is 74.7 cm³/mol. The molecule has 1 aromatic carbocycles. The third-order valence-electron chi connectivity index (χ3n) is 3.22. The van der Waals surface area contributed by atoms with Crippen LogP contribution in [0.5, 0.6) is 5.75 Å². The Balaban J connectivity index is 2.17. The number of hydrogen-bond donors (Lipinski definition) is 0. The van der Waals surface area contributed by atoms with Gasteiger partial charge in [-0.15, -0.1) is 0 Å². The van der Waals surface area contributed by atoms with Crippen molar-refractivity contribution in [2.45, 2.75) is 38.2 Å². The molecule has 1 aromatic rings. The first-order valence-electron chi connectivity index (χ1n) is 6.66. The van der Waals surface area contributed by atoms with Crippen LogP contribution in [0.15, 0.2) is 29.2 Å². The van der Waals surface area contributed by atoms with Gasteiger partial charge in [0.25, 0.3) is 0 Å². The summed E-state index contributed by atoms with van der Waals surface area (Å²) >= 11 is 0. The molecule has 19 heavy (non-hydrogen) atoms. The number of hydrogen-bond acceptors (Lipinski definition) is 3. The van der Waals surface area contributed by atoms with Gasteiger partial charge in [0.15, 0.2) is 0 Å². The van der Waals surface area contributed by atoms with Crippen molar-refractivity contribution in [3.63, 3.8) is 0 Å². The summed E-state index contributed by atoms with van der Waals surface area (Å²) in [5.74, 6) is 1.14. The molecule has 0 amide bonds. The van der Waals surface area contributed by atoms with Crippen molar-refractivity contribution in [2.24, 2.45) is 5.92 Å². The van der Waals surface area contributed by atoms with Crippen LogP contribution in [0.4, 0.5) is 0 Å². The fourth-order valence-corrected chi connectivity index (χ4v) is 3.80. The van der Waals surface area contributed by atoms with Gasteiger partial charge >= 0.3 is 0 Å². The third-order valence-corrected chi connectivity index (χ3v) is 5.10. The maximum absolute atomic E-state index is 12.4. The van der Waals surface area contributed by atoms with E-state index in [4.69, 9.17) is 4.74 Å². The molecule has 0 aromatic heterocycles. The van der Waals surface area contributed by atoms with E-state index in [1.807, 2.05) is 13.8 Å². The molecule has 0 spiro atoms. The van der Waals surface area contributed by atoms with E-state index in [2.05, 4.69) is 6.92 Å². The maximum Gasteiger partial charge on any atom is 0.243 e. The summed E-state index contributed by atoms with van der Waals surface area (Å²) in [6.45, 7) is 7.20. The van der Waals surface area contributed by atoms with Crippen molar-refractivity contribution in [3.8, 4) is 5.75 Å². The number of rotatable bonds is 4. The van der Waals surface area contributed by atoms with Crippen LogP contribution in [0, 0.1) is 5.92 Å². The molecule has 0 N–H and O–H groups in total. The first kappa shape index (κ1) is 14.3. The number of benzene rings is 1. The number of sulfonamides is 1. The zero-order chi connectivity index (χ0) is 14.0. The molecule has 0 radical (unpaired) electrons. The van der Waals surface area contributed by atoms with Gasteiger partial charge in [-0.25, -0.2) is 8.42 Å². The Labute approximate surface area is 115 Å². The van der Waals surface area contributed by atoms with Crippen molar-refractivity contribution < 1.29 is 13.2 Å². The van der Waals surface area contributed by atoms with Gasteiger partial charge < -0.3 is 4.74 Å². The molecule has 5 heteroatoms. The van der Waals surface area contributed by atoms with Crippen molar-refractivity contribution in [1.82, 2.24) is 4.31 Å². The molecule has 1 aliphatic rings. The highest BCUT2D eigenvalue weighted by molar-refractivity contribution is 7.89. The second kappa shape index (κ2) is 5.51. The van der Waals surface area contributed by atoms with Crippen molar-refractivity contribution >= 4 is 10.0 Å². The molecule has 1 heterocycles. The monoisotopic (exact) mass is 283 g/mol. The average Bonchev–Trinajstić information content (AvgIpc) is 2.76. The predicted octanol–water partition coefficient (Wildman–Crippen LogP) is 2.50. The van der Waals surface area contributed by atoms with E-state index in [9.17, 15) is 8.42 Å². The van der Waals surface area contributed by atoms with Gasteiger partial charge in [0, 0.05) is 13.1 Å². The summed E-state index contributed by atoms with van der Waals surface area (Å²) in [6.07, 6.45) is 1.02. The summed E-state index contributed by atoms with van der Waals surface area (Å²) in [6, 6.07) is 6.67. The van der Waals surface area contributed by atoms with E-state index in [0.29, 0.717) is 29.7 Å². The Hall–Kier alpha value is -1.07. The van der Waals surface area contributed by atoms with Gasteiger partial charge in [-0.05, 0) is 50.5 Å². The van der Waals surface area contributed by atoms with Crippen molar-refractivity contribution in [2.75, 3.05) is 13.1 Å². The van der Waals surface area contributed by atoms with Gasteiger partial charge in [0.2, 0.25) is 10.0 Å². The van der Waals surface area contributed by atoms with Gasteiger partial charge in [-0.1, -0.05) is 6.92 Å². The summed E-state index contributed by atoms with van der Waals surface area (Å²) in [7, 11) is -3.34. The quantitative estimate of drug-likeness (QED) is 0.853. The Kier molecular flexibility index (Phi) is 4.16. The molecule has 2 rings (SSSR count).